The smallest absolute Gasteiger partial charge is 0.323 e. The molecule has 0 bridgehead atoms. The number of urea groups is 1. The van der Waals surface area contributed by atoms with Crippen molar-refractivity contribution in [2.75, 3.05) is 45.2 Å². The molecule has 24 heavy (non-hydrogen) atoms. The molecule has 0 spiro atoms. The number of anilines is 1. The number of likely N-dealkylation sites (tertiary alicyclic amines) is 2. The summed E-state index contributed by atoms with van der Waals surface area (Å²) in [6.45, 7) is 7.10. The average Bonchev–Trinajstić information content (AvgIpc) is 3.05. The number of amides is 2. The number of ether oxygens (including phenoxy) is 1. The van der Waals surface area contributed by atoms with Gasteiger partial charge in [-0.05, 0) is 57.3 Å². The van der Waals surface area contributed by atoms with Gasteiger partial charge in [0.05, 0.1) is 7.11 Å². The Morgan fingerprint density at radius 1 is 1.29 bits per heavy atom. The maximum Gasteiger partial charge on any atom is 0.323 e. The van der Waals surface area contributed by atoms with E-state index >= 15 is 0 Å². The van der Waals surface area contributed by atoms with Crippen molar-refractivity contribution in [2.45, 2.75) is 32.6 Å². The van der Waals surface area contributed by atoms with Crippen LogP contribution in [0.4, 0.5) is 10.6 Å². The number of aromatic nitrogens is 1. The van der Waals surface area contributed by atoms with Gasteiger partial charge in [0.25, 0.3) is 0 Å². The first-order valence-corrected chi connectivity index (χ1v) is 8.95. The highest BCUT2D eigenvalue weighted by molar-refractivity contribution is 5.90. The molecule has 3 heterocycles. The van der Waals surface area contributed by atoms with Gasteiger partial charge in [-0.25, -0.2) is 9.78 Å². The van der Waals surface area contributed by atoms with E-state index in [0.29, 0.717) is 17.5 Å². The summed E-state index contributed by atoms with van der Waals surface area (Å²) in [6, 6.07) is 3.63. The quantitative estimate of drug-likeness (QED) is 0.921. The molecule has 3 rings (SSSR count). The van der Waals surface area contributed by atoms with E-state index < -0.39 is 0 Å². The molecule has 0 saturated carbocycles. The Kier molecular flexibility index (Phi) is 5.56. The normalized spacial score (nSPS) is 21.8. The first-order valence-electron chi connectivity index (χ1n) is 8.95. The number of hydrogen-bond donors (Lipinski definition) is 1. The van der Waals surface area contributed by atoms with Crippen molar-refractivity contribution in [2.24, 2.45) is 5.92 Å². The predicted octanol–water partition coefficient (Wildman–Crippen LogP) is 2.74. The Bertz CT molecular complexity index is 572. The molecule has 2 saturated heterocycles. The van der Waals surface area contributed by atoms with E-state index in [4.69, 9.17) is 4.74 Å². The standard InChI is InChI=1S/C18H28N4O2/c1-14-6-7-16(24-2)17(19-14)20-18(23)22-11-8-15(13-22)12-21-9-4-3-5-10-21/h6-7,15H,3-5,8-13H2,1-2H3,(H,19,20,23)/t15-/m0/s1. The van der Waals surface area contributed by atoms with Crippen LogP contribution in [-0.2, 0) is 0 Å². The van der Waals surface area contributed by atoms with Crippen molar-refractivity contribution >= 4 is 11.8 Å². The fourth-order valence-corrected chi connectivity index (χ4v) is 3.65. The zero-order valence-electron chi connectivity index (χ0n) is 14.8. The molecule has 0 aliphatic carbocycles. The third-order valence-corrected chi connectivity index (χ3v) is 4.98. The number of pyridine rings is 1. The number of carbonyl (C=O) groups excluding carboxylic acids is 1. The molecular weight excluding hydrogens is 304 g/mol. The summed E-state index contributed by atoms with van der Waals surface area (Å²) in [5, 5.41) is 2.91. The monoisotopic (exact) mass is 332 g/mol. The molecule has 132 valence electrons. The molecule has 0 unspecified atom stereocenters. The summed E-state index contributed by atoms with van der Waals surface area (Å²) in [5.74, 6) is 1.68. The Hall–Kier alpha value is -1.82. The lowest BCUT2D eigenvalue weighted by Crippen LogP contribution is -2.37. The lowest BCUT2D eigenvalue weighted by Gasteiger charge is -2.29. The topological polar surface area (TPSA) is 57.7 Å². The number of piperidine rings is 1. The Morgan fingerprint density at radius 2 is 2.08 bits per heavy atom. The number of nitrogens with one attached hydrogen (secondary N) is 1. The van der Waals surface area contributed by atoms with Crippen LogP contribution in [0.25, 0.3) is 0 Å². The van der Waals surface area contributed by atoms with E-state index in [0.717, 1.165) is 31.7 Å². The highest BCUT2D eigenvalue weighted by Crippen LogP contribution is 2.24. The molecule has 2 aliphatic heterocycles. The van der Waals surface area contributed by atoms with Gasteiger partial charge in [-0.3, -0.25) is 5.32 Å². The van der Waals surface area contributed by atoms with Crippen molar-refractivity contribution in [3.05, 3.63) is 17.8 Å². The van der Waals surface area contributed by atoms with Gasteiger partial charge in [-0.1, -0.05) is 6.42 Å². The SMILES string of the molecule is COc1ccc(C)nc1NC(=O)N1CC[C@@H](CN2CCCCC2)C1. The van der Waals surface area contributed by atoms with Crippen molar-refractivity contribution in [3.63, 3.8) is 0 Å². The summed E-state index contributed by atoms with van der Waals surface area (Å²) in [5.41, 5.74) is 0.857. The van der Waals surface area contributed by atoms with Gasteiger partial charge in [-0.15, -0.1) is 0 Å². The van der Waals surface area contributed by atoms with E-state index in [1.807, 2.05) is 24.0 Å². The Labute approximate surface area is 144 Å². The number of aryl methyl sites for hydroxylation is 1. The highest BCUT2D eigenvalue weighted by Gasteiger charge is 2.28. The van der Waals surface area contributed by atoms with Gasteiger partial charge in [0.2, 0.25) is 0 Å². The van der Waals surface area contributed by atoms with E-state index in [2.05, 4.69) is 15.2 Å². The molecule has 0 radical (unpaired) electrons. The third-order valence-electron chi connectivity index (χ3n) is 4.98. The first kappa shape index (κ1) is 17.0. The summed E-state index contributed by atoms with van der Waals surface area (Å²) in [7, 11) is 1.59. The van der Waals surface area contributed by atoms with Crippen LogP contribution in [0.1, 0.15) is 31.4 Å². The molecule has 1 N–H and O–H groups in total. The molecule has 2 amide bonds. The second-order valence-electron chi connectivity index (χ2n) is 6.90. The first-order chi connectivity index (χ1) is 11.7. The lowest BCUT2D eigenvalue weighted by molar-refractivity contribution is 0.192. The molecule has 1 aromatic rings. The maximum absolute atomic E-state index is 12.5. The van der Waals surface area contributed by atoms with Crippen LogP contribution in [0.5, 0.6) is 5.75 Å². The van der Waals surface area contributed by atoms with E-state index in [-0.39, 0.29) is 6.03 Å². The summed E-state index contributed by atoms with van der Waals surface area (Å²) < 4.78 is 5.28. The van der Waals surface area contributed by atoms with Crippen LogP contribution in [0.2, 0.25) is 0 Å². The molecule has 2 aliphatic rings. The Balaban J connectivity index is 1.53. The summed E-state index contributed by atoms with van der Waals surface area (Å²) in [4.78, 5) is 21.4. The van der Waals surface area contributed by atoms with Crippen molar-refractivity contribution < 1.29 is 9.53 Å². The number of rotatable bonds is 4. The zero-order valence-corrected chi connectivity index (χ0v) is 14.8. The summed E-state index contributed by atoms with van der Waals surface area (Å²) in [6.07, 6.45) is 5.08. The molecule has 2 fully saturated rings. The number of carbonyl (C=O) groups is 1. The second-order valence-corrected chi connectivity index (χ2v) is 6.90. The van der Waals surface area contributed by atoms with Gasteiger partial charge in [0.15, 0.2) is 11.6 Å². The Morgan fingerprint density at radius 3 is 2.83 bits per heavy atom. The van der Waals surface area contributed by atoms with Crippen LogP contribution in [0.15, 0.2) is 12.1 Å². The number of methoxy groups -OCH3 is 1. The molecule has 1 aromatic heterocycles. The van der Waals surface area contributed by atoms with Gasteiger partial charge in [-0.2, -0.15) is 0 Å². The van der Waals surface area contributed by atoms with Crippen LogP contribution in [0, 0.1) is 12.8 Å². The van der Waals surface area contributed by atoms with E-state index in [9.17, 15) is 4.79 Å². The highest BCUT2D eigenvalue weighted by atomic mass is 16.5. The second kappa shape index (κ2) is 7.83. The van der Waals surface area contributed by atoms with E-state index in [1.54, 1.807) is 7.11 Å². The van der Waals surface area contributed by atoms with Crippen molar-refractivity contribution in [1.82, 2.24) is 14.8 Å². The molecule has 6 heteroatoms. The van der Waals surface area contributed by atoms with E-state index in [1.165, 1.54) is 32.4 Å². The van der Waals surface area contributed by atoms with Gasteiger partial charge in [0, 0.05) is 25.3 Å². The van der Waals surface area contributed by atoms with Gasteiger partial charge in [0.1, 0.15) is 0 Å². The van der Waals surface area contributed by atoms with Gasteiger partial charge >= 0.3 is 6.03 Å². The molecular formula is C18H28N4O2. The number of hydrogen-bond acceptors (Lipinski definition) is 4. The minimum atomic E-state index is -0.0763. The minimum absolute atomic E-state index is 0.0763. The van der Waals surface area contributed by atoms with Gasteiger partial charge < -0.3 is 14.5 Å². The van der Waals surface area contributed by atoms with Crippen LogP contribution >= 0.6 is 0 Å². The largest absolute Gasteiger partial charge is 0.493 e. The van der Waals surface area contributed by atoms with Crippen LogP contribution < -0.4 is 10.1 Å². The minimum Gasteiger partial charge on any atom is -0.493 e. The summed E-state index contributed by atoms with van der Waals surface area (Å²) >= 11 is 0. The van der Waals surface area contributed by atoms with Crippen LogP contribution in [0.3, 0.4) is 0 Å². The molecule has 6 nitrogen and oxygen atoms in total. The average molecular weight is 332 g/mol. The molecule has 1 atom stereocenters. The predicted molar refractivity (Wildman–Crippen MR) is 94.5 cm³/mol. The maximum atomic E-state index is 12.5. The molecule has 0 aromatic carbocycles. The lowest BCUT2D eigenvalue weighted by atomic mass is 10.1. The number of nitrogens with zero attached hydrogens (tertiary/aromatic N) is 3. The van der Waals surface area contributed by atoms with Crippen molar-refractivity contribution in [1.29, 1.82) is 0 Å². The fraction of sp³-hybridized carbons (Fsp3) is 0.667. The van der Waals surface area contributed by atoms with Crippen LogP contribution in [-0.4, -0.2) is 60.6 Å². The van der Waals surface area contributed by atoms with Crippen molar-refractivity contribution in [3.8, 4) is 5.75 Å². The third kappa shape index (κ3) is 4.17. The fourth-order valence-electron chi connectivity index (χ4n) is 3.65. The zero-order chi connectivity index (χ0) is 16.9.